The molecule has 0 bridgehead atoms. The van der Waals surface area contributed by atoms with Gasteiger partial charge < -0.3 is 10.6 Å². The van der Waals surface area contributed by atoms with Gasteiger partial charge in [-0.05, 0) is 49.2 Å². The van der Waals surface area contributed by atoms with Crippen molar-refractivity contribution in [3.8, 4) is 0 Å². The van der Waals surface area contributed by atoms with Crippen molar-refractivity contribution in [1.82, 2.24) is 0 Å². The Morgan fingerprint density at radius 3 is 2.29 bits per heavy atom. The lowest BCUT2D eigenvalue weighted by Crippen LogP contribution is -2.19. The largest absolute Gasteiger partial charge is 0.325 e. The molecule has 2 amide bonds. The number of anilines is 2. The third-order valence-electron chi connectivity index (χ3n) is 3.17. The van der Waals surface area contributed by atoms with Gasteiger partial charge in [-0.1, -0.05) is 18.2 Å². The number of thioether (sulfide) groups is 1. The van der Waals surface area contributed by atoms with Crippen LogP contribution in [0.15, 0.2) is 42.5 Å². The number of aryl methyl sites for hydroxylation is 2. The smallest absolute Gasteiger partial charge is 0.234 e. The molecule has 0 heterocycles. The standard InChI is InChI=1S/C18H19FN2O2S/c1-12-4-3-5-14(8-12)20-17(22)10-24-11-18(23)21-16-7-6-13(2)9-15(16)19/h3-9H,10-11H2,1-2H3,(H,20,22)(H,21,23). The number of carbonyl (C=O) groups excluding carboxylic acids is 2. The summed E-state index contributed by atoms with van der Waals surface area (Å²) in [6.45, 7) is 3.72. The molecule has 0 fully saturated rings. The van der Waals surface area contributed by atoms with Crippen molar-refractivity contribution in [3.63, 3.8) is 0 Å². The minimum Gasteiger partial charge on any atom is -0.325 e. The summed E-state index contributed by atoms with van der Waals surface area (Å²) < 4.78 is 13.7. The van der Waals surface area contributed by atoms with Gasteiger partial charge in [0, 0.05) is 5.69 Å². The van der Waals surface area contributed by atoms with Crippen LogP contribution in [0.3, 0.4) is 0 Å². The highest BCUT2D eigenvalue weighted by molar-refractivity contribution is 8.00. The van der Waals surface area contributed by atoms with E-state index in [1.807, 2.05) is 31.2 Å². The lowest BCUT2D eigenvalue weighted by molar-refractivity contribution is -0.114. The summed E-state index contributed by atoms with van der Waals surface area (Å²) in [6.07, 6.45) is 0. The number of amides is 2. The minimum atomic E-state index is -0.467. The van der Waals surface area contributed by atoms with E-state index in [2.05, 4.69) is 10.6 Å². The van der Waals surface area contributed by atoms with Gasteiger partial charge in [0.05, 0.1) is 17.2 Å². The summed E-state index contributed by atoms with van der Waals surface area (Å²) in [5, 5.41) is 5.27. The third kappa shape index (κ3) is 5.70. The monoisotopic (exact) mass is 346 g/mol. The van der Waals surface area contributed by atoms with E-state index in [0.29, 0.717) is 0 Å². The van der Waals surface area contributed by atoms with Crippen LogP contribution in [0.1, 0.15) is 11.1 Å². The van der Waals surface area contributed by atoms with Crippen LogP contribution in [-0.2, 0) is 9.59 Å². The van der Waals surface area contributed by atoms with Gasteiger partial charge in [-0.3, -0.25) is 9.59 Å². The first-order valence-electron chi connectivity index (χ1n) is 7.44. The van der Waals surface area contributed by atoms with E-state index >= 15 is 0 Å². The fourth-order valence-electron chi connectivity index (χ4n) is 2.06. The van der Waals surface area contributed by atoms with Crippen molar-refractivity contribution in [1.29, 1.82) is 0 Å². The summed E-state index contributed by atoms with van der Waals surface area (Å²) in [5.74, 6) is -0.761. The number of hydrogen-bond acceptors (Lipinski definition) is 3. The third-order valence-corrected chi connectivity index (χ3v) is 4.10. The molecule has 0 aliphatic rings. The lowest BCUT2D eigenvalue weighted by Gasteiger charge is -2.08. The van der Waals surface area contributed by atoms with Gasteiger partial charge in [-0.25, -0.2) is 4.39 Å². The fraction of sp³-hybridized carbons (Fsp3) is 0.222. The van der Waals surface area contributed by atoms with Crippen molar-refractivity contribution in [2.24, 2.45) is 0 Å². The maximum absolute atomic E-state index is 13.7. The van der Waals surface area contributed by atoms with E-state index < -0.39 is 5.82 Å². The molecule has 126 valence electrons. The Bertz CT molecular complexity index is 750. The van der Waals surface area contributed by atoms with E-state index in [1.165, 1.54) is 23.9 Å². The minimum absolute atomic E-state index is 0.0779. The normalized spacial score (nSPS) is 10.3. The fourth-order valence-corrected chi connectivity index (χ4v) is 2.68. The van der Waals surface area contributed by atoms with E-state index in [1.54, 1.807) is 13.0 Å². The molecule has 0 spiro atoms. The Kier molecular flexibility index (Phi) is 6.37. The van der Waals surface area contributed by atoms with Gasteiger partial charge in [0.15, 0.2) is 0 Å². The summed E-state index contributed by atoms with van der Waals surface area (Å²) in [6, 6.07) is 12.1. The van der Waals surface area contributed by atoms with Gasteiger partial charge in [-0.2, -0.15) is 0 Å². The Morgan fingerprint density at radius 1 is 0.958 bits per heavy atom. The molecule has 0 unspecified atom stereocenters. The molecule has 0 aliphatic carbocycles. The second-order valence-corrected chi connectivity index (χ2v) is 6.43. The van der Waals surface area contributed by atoms with E-state index in [0.717, 1.165) is 16.8 Å². The van der Waals surface area contributed by atoms with Gasteiger partial charge in [0.2, 0.25) is 11.8 Å². The number of hydrogen-bond donors (Lipinski definition) is 2. The second kappa shape index (κ2) is 8.49. The highest BCUT2D eigenvalue weighted by Crippen LogP contribution is 2.16. The highest BCUT2D eigenvalue weighted by atomic mass is 32.2. The first-order chi connectivity index (χ1) is 11.4. The van der Waals surface area contributed by atoms with Crippen LogP contribution in [0.2, 0.25) is 0 Å². The summed E-state index contributed by atoms with van der Waals surface area (Å²) in [5.41, 5.74) is 2.72. The number of nitrogens with one attached hydrogen (secondary N) is 2. The van der Waals surface area contributed by atoms with Crippen molar-refractivity contribution in [3.05, 3.63) is 59.4 Å². The zero-order valence-electron chi connectivity index (χ0n) is 13.6. The molecule has 2 aromatic rings. The van der Waals surface area contributed by atoms with Crippen molar-refractivity contribution in [2.75, 3.05) is 22.1 Å². The molecule has 6 heteroatoms. The lowest BCUT2D eigenvalue weighted by atomic mass is 10.2. The van der Waals surface area contributed by atoms with Crippen LogP contribution in [0.25, 0.3) is 0 Å². The second-order valence-electron chi connectivity index (χ2n) is 5.44. The maximum Gasteiger partial charge on any atom is 0.234 e. The number of benzene rings is 2. The Morgan fingerprint density at radius 2 is 1.62 bits per heavy atom. The molecule has 2 N–H and O–H groups in total. The van der Waals surface area contributed by atoms with Crippen molar-refractivity contribution < 1.29 is 14.0 Å². The quantitative estimate of drug-likeness (QED) is 0.837. The molecule has 0 saturated carbocycles. The first kappa shape index (κ1) is 18.0. The molecule has 0 radical (unpaired) electrons. The van der Waals surface area contributed by atoms with Crippen molar-refractivity contribution >= 4 is 35.0 Å². The van der Waals surface area contributed by atoms with Crippen LogP contribution in [-0.4, -0.2) is 23.3 Å². The topological polar surface area (TPSA) is 58.2 Å². The van der Waals surface area contributed by atoms with E-state index in [4.69, 9.17) is 0 Å². The zero-order chi connectivity index (χ0) is 17.5. The number of carbonyl (C=O) groups is 2. The SMILES string of the molecule is Cc1cccc(NC(=O)CSCC(=O)Nc2ccc(C)cc2F)c1. The predicted molar refractivity (Wildman–Crippen MR) is 96.9 cm³/mol. The van der Waals surface area contributed by atoms with E-state index in [9.17, 15) is 14.0 Å². The molecule has 24 heavy (non-hydrogen) atoms. The molecule has 0 atom stereocenters. The summed E-state index contributed by atoms with van der Waals surface area (Å²) in [7, 11) is 0. The van der Waals surface area contributed by atoms with Crippen LogP contribution in [0.5, 0.6) is 0 Å². The van der Waals surface area contributed by atoms with Crippen LogP contribution < -0.4 is 10.6 Å². The summed E-state index contributed by atoms with van der Waals surface area (Å²) in [4.78, 5) is 23.6. The van der Waals surface area contributed by atoms with Gasteiger partial charge in [0.1, 0.15) is 5.82 Å². The molecule has 0 aliphatic heterocycles. The molecular weight excluding hydrogens is 327 g/mol. The number of rotatable bonds is 6. The first-order valence-corrected chi connectivity index (χ1v) is 8.60. The molecule has 2 rings (SSSR count). The Hall–Kier alpha value is -2.34. The van der Waals surface area contributed by atoms with Crippen LogP contribution in [0, 0.1) is 19.7 Å². The zero-order valence-corrected chi connectivity index (χ0v) is 14.4. The Labute approximate surface area is 144 Å². The summed E-state index contributed by atoms with van der Waals surface area (Å²) >= 11 is 1.17. The van der Waals surface area contributed by atoms with Crippen LogP contribution in [0.4, 0.5) is 15.8 Å². The average Bonchev–Trinajstić information content (AvgIpc) is 2.50. The molecular formula is C18H19FN2O2S. The highest BCUT2D eigenvalue weighted by Gasteiger charge is 2.09. The predicted octanol–water partition coefficient (Wildman–Crippen LogP) is 3.75. The van der Waals surface area contributed by atoms with Crippen LogP contribution >= 0.6 is 11.8 Å². The van der Waals surface area contributed by atoms with Crippen molar-refractivity contribution in [2.45, 2.75) is 13.8 Å². The number of halogens is 1. The maximum atomic E-state index is 13.7. The van der Waals surface area contributed by atoms with E-state index in [-0.39, 0.29) is 29.0 Å². The molecule has 0 saturated heterocycles. The van der Waals surface area contributed by atoms with Gasteiger partial charge in [0.25, 0.3) is 0 Å². The van der Waals surface area contributed by atoms with Gasteiger partial charge in [-0.15, -0.1) is 11.8 Å². The molecule has 0 aromatic heterocycles. The average molecular weight is 346 g/mol. The van der Waals surface area contributed by atoms with Gasteiger partial charge >= 0.3 is 0 Å². The molecule has 2 aromatic carbocycles. The Balaban J connectivity index is 1.75. The molecule has 4 nitrogen and oxygen atoms in total.